The zero-order valence-corrected chi connectivity index (χ0v) is 17.5. The number of benzene rings is 3. The maximum Gasteiger partial charge on any atom is 0.269 e. The summed E-state index contributed by atoms with van der Waals surface area (Å²) in [6.45, 7) is 0. The predicted molar refractivity (Wildman–Crippen MR) is 119 cm³/mol. The highest BCUT2D eigenvalue weighted by atomic mass is 16.7. The van der Waals surface area contributed by atoms with E-state index in [1.54, 1.807) is 48.5 Å². The molecule has 2 aliphatic heterocycles. The van der Waals surface area contributed by atoms with Crippen molar-refractivity contribution < 1.29 is 24.1 Å². The fraction of sp³-hybridized carbons (Fsp3) is 0.167. The second kappa shape index (κ2) is 8.03. The standard InChI is InChI=1S/C24H19N3O6/c1-32-19-12-10-16(11-13-19)25-23(28)20-21(15-6-5-9-18(14-15)27(30)31)26(33-22(20)24(25)29)17-7-3-2-4-8-17/h2-14,20-22H,1H3/t20-,21+,22+/m0/s1. The number of amides is 2. The van der Waals surface area contributed by atoms with Crippen LogP contribution < -0.4 is 14.7 Å². The molecule has 0 aliphatic carbocycles. The van der Waals surface area contributed by atoms with Gasteiger partial charge in [0.2, 0.25) is 5.91 Å². The summed E-state index contributed by atoms with van der Waals surface area (Å²) in [5, 5.41) is 12.9. The lowest BCUT2D eigenvalue weighted by Gasteiger charge is -2.28. The minimum atomic E-state index is -1.05. The van der Waals surface area contributed by atoms with E-state index < -0.39 is 34.8 Å². The number of anilines is 2. The molecule has 0 radical (unpaired) electrons. The lowest BCUT2D eigenvalue weighted by molar-refractivity contribution is -0.384. The predicted octanol–water partition coefficient (Wildman–Crippen LogP) is 3.65. The molecule has 166 valence electrons. The van der Waals surface area contributed by atoms with Gasteiger partial charge in [-0.15, -0.1) is 0 Å². The summed E-state index contributed by atoms with van der Waals surface area (Å²) in [6, 6.07) is 21.0. The van der Waals surface area contributed by atoms with E-state index in [4.69, 9.17) is 9.57 Å². The van der Waals surface area contributed by atoms with Crippen LogP contribution >= 0.6 is 0 Å². The first kappa shape index (κ1) is 20.7. The fourth-order valence-corrected chi connectivity index (χ4v) is 4.36. The number of rotatable bonds is 5. The van der Waals surface area contributed by atoms with Crippen LogP contribution in [0.1, 0.15) is 11.6 Å². The Morgan fingerprint density at radius 2 is 1.64 bits per heavy atom. The summed E-state index contributed by atoms with van der Waals surface area (Å²) in [7, 11) is 1.53. The van der Waals surface area contributed by atoms with E-state index in [0.717, 1.165) is 4.90 Å². The van der Waals surface area contributed by atoms with E-state index in [2.05, 4.69) is 0 Å². The molecule has 2 saturated heterocycles. The lowest BCUT2D eigenvalue weighted by Crippen LogP contribution is -2.37. The Bertz CT molecular complexity index is 1230. The van der Waals surface area contributed by atoms with Crippen LogP contribution in [0.5, 0.6) is 5.75 Å². The van der Waals surface area contributed by atoms with Gasteiger partial charge in [-0.1, -0.05) is 30.3 Å². The third-order valence-corrected chi connectivity index (χ3v) is 5.88. The number of hydroxylamine groups is 1. The van der Waals surface area contributed by atoms with E-state index >= 15 is 0 Å². The van der Waals surface area contributed by atoms with E-state index in [0.29, 0.717) is 22.7 Å². The number of carbonyl (C=O) groups is 2. The van der Waals surface area contributed by atoms with Crippen LogP contribution in [-0.2, 0) is 14.4 Å². The third kappa shape index (κ3) is 3.39. The van der Waals surface area contributed by atoms with Crippen molar-refractivity contribution in [3.63, 3.8) is 0 Å². The normalized spacial score (nSPS) is 21.9. The van der Waals surface area contributed by atoms with Crippen LogP contribution in [0.25, 0.3) is 0 Å². The molecule has 0 bridgehead atoms. The SMILES string of the molecule is COc1ccc(N2C(=O)[C@H]3[C@@H](c4cccc([N+](=O)[O-])c4)N(c4ccccc4)O[C@H]3C2=O)cc1. The molecule has 0 saturated carbocycles. The number of para-hydroxylation sites is 1. The molecule has 0 aromatic heterocycles. The van der Waals surface area contributed by atoms with Crippen molar-refractivity contribution in [3.8, 4) is 5.75 Å². The number of ether oxygens (including phenoxy) is 1. The number of nitro benzene ring substituents is 1. The molecular weight excluding hydrogens is 426 g/mol. The van der Waals surface area contributed by atoms with Crippen molar-refractivity contribution >= 4 is 28.9 Å². The van der Waals surface area contributed by atoms with Crippen molar-refractivity contribution in [2.24, 2.45) is 5.92 Å². The molecule has 2 aliphatic rings. The molecule has 2 heterocycles. The van der Waals surface area contributed by atoms with Gasteiger partial charge >= 0.3 is 0 Å². The number of non-ortho nitro benzene ring substituents is 1. The number of hydrogen-bond acceptors (Lipinski definition) is 7. The van der Waals surface area contributed by atoms with Crippen LogP contribution in [0.2, 0.25) is 0 Å². The van der Waals surface area contributed by atoms with Crippen molar-refractivity contribution in [1.82, 2.24) is 0 Å². The highest BCUT2D eigenvalue weighted by molar-refractivity contribution is 6.23. The van der Waals surface area contributed by atoms with Crippen LogP contribution in [0.3, 0.4) is 0 Å². The van der Waals surface area contributed by atoms with E-state index in [9.17, 15) is 19.7 Å². The molecule has 0 unspecified atom stereocenters. The van der Waals surface area contributed by atoms with Gasteiger partial charge in [-0.2, -0.15) is 0 Å². The fourth-order valence-electron chi connectivity index (χ4n) is 4.36. The Hall–Kier alpha value is -4.24. The van der Waals surface area contributed by atoms with Gasteiger partial charge in [0.05, 0.1) is 29.4 Å². The molecule has 33 heavy (non-hydrogen) atoms. The summed E-state index contributed by atoms with van der Waals surface area (Å²) in [5.74, 6) is -1.19. The Labute approximate surface area is 188 Å². The summed E-state index contributed by atoms with van der Waals surface area (Å²) >= 11 is 0. The monoisotopic (exact) mass is 445 g/mol. The second-order valence-corrected chi connectivity index (χ2v) is 7.72. The van der Waals surface area contributed by atoms with Crippen LogP contribution in [0, 0.1) is 16.0 Å². The minimum Gasteiger partial charge on any atom is -0.497 e. The van der Waals surface area contributed by atoms with Crippen molar-refractivity contribution in [2.75, 3.05) is 17.1 Å². The number of methoxy groups -OCH3 is 1. The molecule has 3 atom stereocenters. The van der Waals surface area contributed by atoms with Gasteiger partial charge in [-0.25, -0.2) is 9.96 Å². The maximum absolute atomic E-state index is 13.6. The molecule has 2 amide bonds. The number of nitrogens with zero attached hydrogens (tertiary/aromatic N) is 3. The molecule has 3 aromatic carbocycles. The number of hydrogen-bond donors (Lipinski definition) is 0. The van der Waals surface area contributed by atoms with Crippen molar-refractivity contribution in [2.45, 2.75) is 12.1 Å². The molecule has 9 heteroatoms. The minimum absolute atomic E-state index is 0.104. The van der Waals surface area contributed by atoms with Gasteiger partial charge in [-0.3, -0.25) is 24.5 Å². The van der Waals surface area contributed by atoms with E-state index in [-0.39, 0.29) is 5.69 Å². The first-order valence-electron chi connectivity index (χ1n) is 10.3. The van der Waals surface area contributed by atoms with Gasteiger partial charge in [-0.05, 0) is 42.0 Å². The molecular formula is C24H19N3O6. The molecule has 2 fully saturated rings. The molecule has 5 rings (SSSR count). The lowest BCUT2D eigenvalue weighted by atomic mass is 9.90. The third-order valence-electron chi connectivity index (χ3n) is 5.88. The Morgan fingerprint density at radius 3 is 2.30 bits per heavy atom. The average Bonchev–Trinajstić information content (AvgIpc) is 3.36. The number of nitro groups is 1. The van der Waals surface area contributed by atoms with Gasteiger partial charge < -0.3 is 4.74 Å². The molecule has 0 N–H and O–H groups in total. The van der Waals surface area contributed by atoms with Crippen molar-refractivity contribution in [1.29, 1.82) is 0 Å². The summed E-state index contributed by atoms with van der Waals surface area (Å²) in [4.78, 5) is 44.9. The van der Waals surface area contributed by atoms with Crippen LogP contribution in [-0.4, -0.2) is 30.0 Å². The zero-order valence-electron chi connectivity index (χ0n) is 17.5. The average molecular weight is 445 g/mol. The quantitative estimate of drug-likeness (QED) is 0.336. The van der Waals surface area contributed by atoms with Crippen LogP contribution in [0.4, 0.5) is 17.1 Å². The molecule has 3 aromatic rings. The highest BCUT2D eigenvalue weighted by Crippen LogP contribution is 2.48. The van der Waals surface area contributed by atoms with E-state index in [1.165, 1.54) is 24.3 Å². The number of fused-ring (bicyclic) bond motifs is 1. The van der Waals surface area contributed by atoms with Gasteiger partial charge in [0, 0.05) is 12.1 Å². The summed E-state index contributed by atoms with van der Waals surface area (Å²) < 4.78 is 5.15. The maximum atomic E-state index is 13.6. The summed E-state index contributed by atoms with van der Waals surface area (Å²) in [6.07, 6.45) is -1.05. The van der Waals surface area contributed by atoms with Gasteiger partial charge in [0.1, 0.15) is 11.7 Å². The number of imide groups is 1. The smallest absolute Gasteiger partial charge is 0.269 e. The summed E-state index contributed by atoms with van der Waals surface area (Å²) in [5.41, 5.74) is 1.46. The topological polar surface area (TPSA) is 102 Å². The first-order valence-corrected chi connectivity index (χ1v) is 10.3. The van der Waals surface area contributed by atoms with Gasteiger partial charge in [0.15, 0.2) is 6.10 Å². The second-order valence-electron chi connectivity index (χ2n) is 7.72. The van der Waals surface area contributed by atoms with Crippen molar-refractivity contribution in [3.05, 3.63) is 94.5 Å². The largest absolute Gasteiger partial charge is 0.497 e. The van der Waals surface area contributed by atoms with Crippen LogP contribution in [0.15, 0.2) is 78.9 Å². The Balaban J connectivity index is 1.58. The Morgan fingerprint density at radius 1 is 0.909 bits per heavy atom. The first-order chi connectivity index (χ1) is 16.0. The number of carbonyl (C=O) groups excluding carboxylic acids is 2. The highest BCUT2D eigenvalue weighted by Gasteiger charge is 2.60. The van der Waals surface area contributed by atoms with E-state index in [1.807, 2.05) is 18.2 Å². The molecule has 0 spiro atoms. The zero-order chi connectivity index (χ0) is 23.1. The van der Waals surface area contributed by atoms with Gasteiger partial charge in [0.25, 0.3) is 11.6 Å². The Kier molecular flexibility index (Phi) is 5.02. The molecule has 9 nitrogen and oxygen atoms in total.